The van der Waals surface area contributed by atoms with Gasteiger partial charge in [0.25, 0.3) is 23.6 Å². The number of fused-ring (bicyclic) bond motifs is 2. The van der Waals surface area contributed by atoms with E-state index in [-0.39, 0.29) is 22.3 Å². The summed E-state index contributed by atoms with van der Waals surface area (Å²) in [5, 5.41) is 0.796. The summed E-state index contributed by atoms with van der Waals surface area (Å²) < 4.78 is 0. The number of benzene rings is 2. The Morgan fingerprint density at radius 3 is 1.23 bits per heavy atom. The highest BCUT2D eigenvalue weighted by molar-refractivity contribution is 6.37. The van der Waals surface area contributed by atoms with Crippen LogP contribution in [-0.4, -0.2) is 69.9 Å². The lowest BCUT2D eigenvalue weighted by molar-refractivity contribution is -0.142. The molecule has 12 heteroatoms. The zero-order valence-electron chi connectivity index (χ0n) is 18.4. The van der Waals surface area contributed by atoms with Crippen LogP contribution in [0.3, 0.4) is 0 Å². The highest BCUT2D eigenvalue weighted by Gasteiger charge is 2.40. The monoisotopic (exact) mass is 477 g/mol. The highest BCUT2D eigenvalue weighted by Crippen LogP contribution is 2.22. The number of amides is 7. The zero-order chi connectivity index (χ0) is 25.3. The quantitative estimate of drug-likeness (QED) is 0.452. The minimum Gasteiger partial charge on any atom is -0.346 e. The minimum atomic E-state index is -1.40. The van der Waals surface area contributed by atoms with Crippen molar-refractivity contribution in [3.8, 4) is 0 Å². The summed E-state index contributed by atoms with van der Waals surface area (Å²) in [6.45, 7) is 0.957. The average molecular weight is 477 g/mol. The van der Waals surface area contributed by atoms with Gasteiger partial charge in [0.05, 0.1) is 22.3 Å². The summed E-state index contributed by atoms with van der Waals surface area (Å²) in [5.41, 5.74) is 4.08. The normalized spacial score (nSPS) is 16.1. The lowest BCUT2D eigenvalue weighted by Crippen LogP contribution is -2.55. The topological polar surface area (TPSA) is 153 Å². The molecular weight excluding hydrogens is 458 g/mol. The van der Waals surface area contributed by atoms with Crippen LogP contribution >= 0.6 is 0 Å². The maximum Gasteiger partial charge on any atom is 0.330 e. The second-order valence-corrected chi connectivity index (χ2v) is 7.78. The maximum absolute atomic E-state index is 12.2. The standard InChI is InChI=1S/C18H10N4O6.C5H9NO/c23-13(19-21-15(25)9-5-1-2-6-10(9)16(21)26)14(24)20-22-17(27)11-7-3-4-8-12(11)18(22)28;1-6-4-2-3-5(6)7/h1-8H,(H,19,23)(H,20,24);2-4H2,1H3. The summed E-state index contributed by atoms with van der Waals surface area (Å²) in [6.07, 6.45) is 1.81. The Morgan fingerprint density at radius 2 is 1.00 bits per heavy atom. The number of carbonyl (C=O) groups is 7. The van der Waals surface area contributed by atoms with E-state index < -0.39 is 35.4 Å². The van der Waals surface area contributed by atoms with Gasteiger partial charge in [-0.3, -0.25) is 33.6 Å². The second-order valence-electron chi connectivity index (χ2n) is 7.78. The summed E-state index contributed by atoms with van der Waals surface area (Å²) in [5.74, 6) is -5.72. The van der Waals surface area contributed by atoms with Gasteiger partial charge in [0.1, 0.15) is 0 Å². The van der Waals surface area contributed by atoms with Crippen LogP contribution in [0.5, 0.6) is 0 Å². The van der Waals surface area contributed by atoms with Crippen molar-refractivity contribution in [2.75, 3.05) is 13.6 Å². The van der Waals surface area contributed by atoms with Crippen molar-refractivity contribution < 1.29 is 33.6 Å². The summed E-state index contributed by atoms with van der Waals surface area (Å²) >= 11 is 0. The van der Waals surface area contributed by atoms with Crippen molar-refractivity contribution in [3.63, 3.8) is 0 Å². The van der Waals surface area contributed by atoms with Gasteiger partial charge in [-0.15, -0.1) is 0 Å². The van der Waals surface area contributed by atoms with Crippen molar-refractivity contribution >= 4 is 41.4 Å². The molecule has 2 aromatic carbocycles. The summed E-state index contributed by atoms with van der Waals surface area (Å²) in [7, 11) is 1.84. The fraction of sp³-hybridized carbons (Fsp3) is 0.174. The Balaban J connectivity index is 0.000000356. The van der Waals surface area contributed by atoms with Gasteiger partial charge < -0.3 is 4.90 Å². The van der Waals surface area contributed by atoms with Crippen molar-refractivity contribution in [2.24, 2.45) is 0 Å². The number of hydrogen-bond acceptors (Lipinski definition) is 7. The molecule has 0 aliphatic carbocycles. The first-order valence-corrected chi connectivity index (χ1v) is 10.5. The largest absolute Gasteiger partial charge is 0.346 e. The molecule has 1 saturated heterocycles. The molecule has 12 nitrogen and oxygen atoms in total. The first kappa shape index (κ1) is 23.3. The van der Waals surface area contributed by atoms with Crippen molar-refractivity contribution in [2.45, 2.75) is 12.8 Å². The molecular formula is C23H19N5O7. The number of nitrogens with zero attached hydrogens (tertiary/aromatic N) is 3. The fourth-order valence-electron chi connectivity index (χ4n) is 3.67. The third-order valence-electron chi connectivity index (χ3n) is 5.53. The van der Waals surface area contributed by atoms with E-state index in [0.29, 0.717) is 15.9 Å². The predicted molar refractivity (Wildman–Crippen MR) is 117 cm³/mol. The van der Waals surface area contributed by atoms with Gasteiger partial charge in [-0.2, -0.15) is 10.0 Å². The molecule has 7 amide bonds. The van der Waals surface area contributed by atoms with E-state index in [0.717, 1.165) is 19.4 Å². The molecule has 0 aromatic heterocycles. The third kappa shape index (κ3) is 4.24. The molecule has 2 N–H and O–H groups in total. The number of imide groups is 2. The number of likely N-dealkylation sites (tertiary alicyclic amines) is 1. The van der Waals surface area contributed by atoms with Crippen LogP contribution in [0.15, 0.2) is 48.5 Å². The van der Waals surface area contributed by atoms with Gasteiger partial charge in [0.15, 0.2) is 0 Å². The van der Waals surface area contributed by atoms with E-state index in [2.05, 4.69) is 0 Å². The number of hydrogen-bond donors (Lipinski definition) is 2. The Kier molecular flexibility index (Phi) is 6.10. The van der Waals surface area contributed by atoms with Gasteiger partial charge in [-0.1, -0.05) is 24.3 Å². The molecule has 178 valence electrons. The minimum absolute atomic E-state index is 0.0774. The van der Waals surface area contributed by atoms with E-state index in [1.165, 1.54) is 24.3 Å². The van der Waals surface area contributed by atoms with Gasteiger partial charge >= 0.3 is 11.8 Å². The molecule has 0 radical (unpaired) electrons. The zero-order valence-corrected chi connectivity index (χ0v) is 18.4. The molecule has 0 unspecified atom stereocenters. The smallest absolute Gasteiger partial charge is 0.330 e. The molecule has 0 saturated carbocycles. The van der Waals surface area contributed by atoms with Crippen LogP contribution in [-0.2, 0) is 14.4 Å². The van der Waals surface area contributed by atoms with Crippen LogP contribution in [0.25, 0.3) is 0 Å². The first-order valence-electron chi connectivity index (χ1n) is 10.5. The molecule has 0 atom stereocenters. The molecule has 3 aliphatic rings. The molecule has 0 bridgehead atoms. The van der Waals surface area contributed by atoms with Crippen LogP contribution in [0, 0.1) is 0 Å². The summed E-state index contributed by atoms with van der Waals surface area (Å²) in [4.78, 5) is 85.3. The SMILES string of the molecule is CN1CCCC1=O.O=C(NN1C(=O)c2ccccc2C1=O)C(=O)NN1C(=O)c2ccccc2C1=O. The summed E-state index contributed by atoms with van der Waals surface area (Å²) in [6, 6.07) is 11.8. The molecule has 2 aromatic rings. The number of hydrazine groups is 2. The Bertz CT molecular complexity index is 1150. The Labute approximate surface area is 198 Å². The molecule has 1 fully saturated rings. The fourth-order valence-corrected chi connectivity index (χ4v) is 3.67. The molecule has 3 heterocycles. The second kappa shape index (κ2) is 9.17. The van der Waals surface area contributed by atoms with Crippen LogP contribution in [0.4, 0.5) is 0 Å². The molecule has 35 heavy (non-hydrogen) atoms. The van der Waals surface area contributed by atoms with Gasteiger partial charge in [0.2, 0.25) is 5.91 Å². The third-order valence-corrected chi connectivity index (χ3v) is 5.53. The number of nitrogens with one attached hydrogen (secondary N) is 2. The molecule has 5 rings (SSSR count). The van der Waals surface area contributed by atoms with Crippen LogP contribution < -0.4 is 10.9 Å². The number of carbonyl (C=O) groups excluding carboxylic acids is 7. The van der Waals surface area contributed by atoms with Crippen LogP contribution in [0.2, 0.25) is 0 Å². The van der Waals surface area contributed by atoms with E-state index in [1.807, 2.05) is 17.9 Å². The highest BCUT2D eigenvalue weighted by atomic mass is 16.2. The van der Waals surface area contributed by atoms with Gasteiger partial charge in [0, 0.05) is 20.0 Å². The van der Waals surface area contributed by atoms with E-state index in [9.17, 15) is 33.6 Å². The van der Waals surface area contributed by atoms with Crippen molar-refractivity contribution in [1.29, 1.82) is 0 Å². The van der Waals surface area contributed by atoms with E-state index >= 15 is 0 Å². The van der Waals surface area contributed by atoms with Gasteiger partial charge in [-0.05, 0) is 30.7 Å². The van der Waals surface area contributed by atoms with E-state index in [1.54, 1.807) is 29.2 Å². The van der Waals surface area contributed by atoms with E-state index in [4.69, 9.17) is 0 Å². The lowest BCUT2D eigenvalue weighted by Gasteiger charge is -2.17. The first-order chi connectivity index (χ1) is 16.7. The van der Waals surface area contributed by atoms with Crippen LogP contribution in [0.1, 0.15) is 54.3 Å². The van der Waals surface area contributed by atoms with Crippen molar-refractivity contribution in [3.05, 3.63) is 70.8 Å². The molecule has 0 spiro atoms. The average Bonchev–Trinajstić information content (AvgIpc) is 3.44. The lowest BCUT2D eigenvalue weighted by atomic mass is 10.1. The maximum atomic E-state index is 12.2. The Morgan fingerprint density at radius 1 is 0.657 bits per heavy atom. The molecule has 3 aliphatic heterocycles. The Hall–Kier alpha value is -4.87. The van der Waals surface area contributed by atoms with Gasteiger partial charge in [-0.25, -0.2) is 10.9 Å². The predicted octanol–water partition coefficient (Wildman–Crippen LogP) is -0.120. The number of rotatable bonds is 2. The van der Waals surface area contributed by atoms with Crippen molar-refractivity contribution in [1.82, 2.24) is 25.8 Å².